The Bertz CT molecular complexity index is 1930. The molecular formula is C36H41FN7O2+. The van der Waals surface area contributed by atoms with Gasteiger partial charge in [0.1, 0.15) is 30.6 Å². The Balaban J connectivity index is 1.02. The first-order valence-corrected chi connectivity index (χ1v) is 16.3. The van der Waals surface area contributed by atoms with E-state index >= 15 is 0 Å². The lowest BCUT2D eigenvalue weighted by molar-refractivity contribution is -0.909. The predicted octanol–water partition coefficient (Wildman–Crippen LogP) is 2.35. The van der Waals surface area contributed by atoms with Crippen LogP contribution in [0.3, 0.4) is 0 Å². The van der Waals surface area contributed by atoms with E-state index in [2.05, 4.69) is 55.6 Å². The van der Waals surface area contributed by atoms with Crippen molar-refractivity contribution >= 4 is 34.6 Å². The number of hydrogen-bond donors (Lipinski definition) is 4. The average Bonchev–Trinajstić information content (AvgIpc) is 3.69. The van der Waals surface area contributed by atoms with Crippen molar-refractivity contribution in [2.75, 3.05) is 31.6 Å². The zero-order chi connectivity index (χ0) is 31.5. The van der Waals surface area contributed by atoms with Crippen molar-refractivity contribution in [2.24, 2.45) is 5.92 Å². The number of benzene rings is 2. The zero-order valence-electron chi connectivity index (χ0n) is 25.9. The quantitative estimate of drug-likeness (QED) is 0.180. The highest BCUT2D eigenvalue weighted by Gasteiger charge is 2.24. The van der Waals surface area contributed by atoms with Gasteiger partial charge in [-0.2, -0.15) is 5.10 Å². The van der Waals surface area contributed by atoms with Crippen LogP contribution < -0.4 is 20.8 Å². The number of fused-ring (bicyclic) bond motifs is 2. The molecule has 0 radical (unpaired) electrons. The van der Waals surface area contributed by atoms with Gasteiger partial charge in [-0.15, -0.1) is 0 Å². The van der Waals surface area contributed by atoms with Crippen LogP contribution in [-0.4, -0.2) is 66.9 Å². The third-order valence-corrected chi connectivity index (χ3v) is 9.47. The Morgan fingerprint density at radius 1 is 1.09 bits per heavy atom. The maximum absolute atomic E-state index is 13.7. The highest BCUT2D eigenvalue weighted by molar-refractivity contribution is 5.83. The normalized spacial score (nSPS) is 20.1. The summed E-state index contributed by atoms with van der Waals surface area (Å²) < 4.78 is 17.7. The number of piperidine rings is 1. The van der Waals surface area contributed by atoms with Gasteiger partial charge in [-0.05, 0) is 79.1 Å². The summed E-state index contributed by atoms with van der Waals surface area (Å²) in [6.07, 6.45) is 15.6. The van der Waals surface area contributed by atoms with Crippen LogP contribution in [0, 0.1) is 11.7 Å². The minimum Gasteiger partial charge on any atom is -0.396 e. The van der Waals surface area contributed by atoms with Crippen LogP contribution in [0.15, 0.2) is 73.4 Å². The van der Waals surface area contributed by atoms with Gasteiger partial charge in [0, 0.05) is 41.2 Å². The lowest BCUT2D eigenvalue weighted by atomic mass is 9.93. The van der Waals surface area contributed by atoms with Crippen LogP contribution in [-0.2, 0) is 13.1 Å². The second kappa shape index (κ2) is 13.5. The Hall–Kier alpha value is -4.38. The molecule has 2 aromatic carbocycles. The van der Waals surface area contributed by atoms with E-state index in [4.69, 9.17) is 0 Å². The molecule has 1 aliphatic heterocycles. The Morgan fingerprint density at radius 2 is 1.98 bits per heavy atom. The smallest absolute Gasteiger partial charge is 0.141 e. The summed E-state index contributed by atoms with van der Waals surface area (Å²) in [4.78, 5) is 10.6. The molecule has 0 spiro atoms. The molecule has 7 rings (SSSR count). The van der Waals surface area contributed by atoms with Gasteiger partial charge in [0.05, 0.1) is 43.2 Å². The molecule has 4 heterocycles. The molecule has 0 amide bonds. The van der Waals surface area contributed by atoms with Gasteiger partial charge in [0.2, 0.25) is 0 Å². The molecule has 9 nitrogen and oxygen atoms in total. The van der Waals surface area contributed by atoms with Crippen LogP contribution in [0.5, 0.6) is 0 Å². The monoisotopic (exact) mass is 622 g/mol. The van der Waals surface area contributed by atoms with Crippen molar-refractivity contribution in [3.63, 3.8) is 0 Å². The molecule has 2 atom stereocenters. The molecule has 1 saturated heterocycles. The molecule has 3 aromatic heterocycles. The number of hydrogen-bond acceptors (Lipinski definition) is 6. The molecule has 0 saturated carbocycles. The summed E-state index contributed by atoms with van der Waals surface area (Å²) >= 11 is 0. The molecule has 1 aliphatic carbocycles. The molecule has 2 aliphatic rings. The minimum absolute atomic E-state index is 0.178. The number of anilines is 2. The number of nitrogens with zero attached hydrogens (tertiary/aromatic N) is 5. The summed E-state index contributed by atoms with van der Waals surface area (Å²) in [5, 5.41) is 31.0. The topological polar surface area (TPSA) is 105 Å². The van der Waals surface area contributed by atoms with Crippen molar-refractivity contribution in [2.45, 2.75) is 50.8 Å². The number of likely N-dealkylation sites (tertiary alicyclic amines) is 1. The fraction of sp³-hybridized carbons (Fsp3) is 0.361. The van der Waals surface area contributed by atoms with Crippen molar-refractivity contribution in [3.05, 3.63) is 101 Å². The van der Waals surface area contributed by atoms with Crippen LogP contribution in [0.25, 0.3) is 23.1 Å². The van der Waals surface area contributed by atoms with E-state index in [-0.39, 0.29) is 18.3 Å². The van der Waals surface area contributed by atoms with Crippen LogP contribution in [0.2, 0.25) is 0 Å². The van der Waals surface area contributed by atoms with Gasteiger partial charge in [-0.3, -0.25) is 4.68 Å². The van der Waals surface area contributed by atoms with Gasteiger partial charge < -0.3 is 25.0 Å². The first kappa shape index (κ1) is 30.3. The number of quaternary nitrogens is 1. The molecule has 1 fully saturated rings. The number of aliphatic hydroxyl groups excluding tert-OH is 2. The fourth-order valence-corrected chi connectivity index (χ4v) is 7.01. The summed E-state index contributed by atoms with van der Waals surface area (Å²) in [6, 6.07) is 14.8. The third-order valence-electron chi connectivity index (χ3n) is 9.47. The lowest BCUT2D eigenvalue weighted by Gasteiger charge is -2.30. The number of halogens is 1. The summed E-state index contributed by atoms with van der Waals surface area (Å²) in [5.74, 6) is 1.30. The van der Waals surface area contributed by atoms with Gasteiger partial charge in [0.25, 0.3) is 0 Å². The molecule has 2 unspecified atom stereocenters. The van der Waals surface area contributed by atoms with Crippen LogP contribution >= 0.6 is 0 Å². The lowest BCUT2D eigenvalue weighted by Crippen LogP contribution is -3.14. The first-order valence-electron chi connectivity index (χ1n) is 16.3. The number of rotatable bonds is 11. The Labute approximate surface area is 267 Å². The van der Waals surface area contributed by atoms with Crippen LogP contribution in [0.1, 0.15) is 42.7 Å². The molecule has 5 aromatic rings. The summed E-state index contributed by atoms with van der Waals surface area (Å²) in [6.45, 7) is 4.23. The molecular weight excluding hydrogens is 581 g/mol. The van der Waals surface area contributed by atoms with E-state index in [0.717, 1.165) is 83.9 Å². The number of aliphatic hydroxyl groups is 2. The van der Waals surface area contributed by atoms with Gasteiger partial charge in [-0.25, -0.2) is 14.4 Å². The van der Waals surface area contributed by atoms with Gasteiger partial charge in [-0.1, -0.05) is 24.3 Å². The number of aromatic nitrogens is 5. The zero-order valence-corrected chi connectivity index (χ0v) is 25.9. The SMILES string of the molecule is OCCC1CC[NH+](CC(O)Cn2ccc(C3C=c4c(Nc5ccc6c(cnn6Cc6cccc(F)c6)c5)ncnc4=CC3)c2)CC1. The maximum Gasteiger partial charge on any atom is 0.141 e. The van der Waals surface area contributed by atoms with Crippen molar-refractivity contribution < 1.29 is 19.5 Å². The number of nitrogens with one attached hydrogen (secondary N) is 2. The second-order valence-corrected chi connectivity index (χ2v) is 12.8. The molecule has 46 heavy (non-hydrogen) atoms. The average molecular weight is 623 g/mol. The molecule has 0 bridgehead atoms. The highest BCUT2D eigenvalue weighted by Crippen LogP contribution is 2.25. The highest BCUT2D eigenvalue weighted by atomic mass is 19.1. The van der Waals surface area contributed by atoms with E-state index in [1.54, 1.807) is 12.4 Å². The summed E-state index contributed by atoms with van der Waals surface area (Å²) in [5.41, 5.74) is 3.93. The summed E-state index contributed by atoms with van der Waals surface area (Å²) in [7, 11) is 0. The van der Waals surface area contributed by atoms with E-state index in [1.807, 2.05) is 35.1 Å². The fourth-order valence-electron chi connectivity index (χ4n) is 7.01. The maximum atomic E-state index is 13.7. The van der Waals surface area contributed by atoms with E-state index in [1.165, 1.54) is 22.6 Å². The first-order chi connectivity index (χ1) is 22.5. The molecule has 238 valence electrons. The van der Waals surface area contributed by atoms with Crippen molar-refractivity contribution in [1.29, 1.82) is 0 Å². The Morgan fingerprint density at radius 3 is 2.83 bits per heavy atom. The standard InChI is InChI=1S/C36H40FN7O2/c37-30-3-1-2-26(16-30)20-44-35-7-5-31(17-29(35)19-40-44)41-36-33-18-27(4-6-34(33)38-24-39-36)28-10-14-43(21-28)23-32(46)22-42-12-8-25(9-13-42)11-15-45/h1-3,5-7,10,14,16-19,21,24-25,27,32,45-46H,4,8-9,11-13,15,20,22-23H2,(H,38,39,41)/p+1. The Kier molecular flexibility index (Phi) is 8.91. The van der Waals surface area contributed by atoms with Crippen molar-refractivity contribution in [3.8, 4) is 0 Å². The van der Waals surface area contributed by atoms with E-state index < -0.39 is 6.10 Å². The third kappa shape index (κ3) is 6.89. The second-order valence-electron chi connectivity index (χ2n) is 12.8. The largest absolute Gasteiger partial charge is 0.396 e. The van der Waals surface area contributed by atoms with Gasteiger partial charge in [0.15, 0.2) is 0 Å². The minimum atomic E-state index is -0.401. The van der Waals surface area contributed by atoms with Crippen molar-refractivity contribution in [1.82, 2.24) is 24.3 Å². The van der Waals surface area contributed by atoms with Gasteiger partial charge >= 0.3 is 0 Å². The van der Waals surface area contributed by atoms with E-state index in [9.17, 15) is 14.6 Å². The predicted molar refractivity (Wildman–Crippen MR) is 177 cm³/mol. The van der Waals surface area contributed by atoms with Crippen LogP contribution in [0.4, 0.5) is 15.9 Å². The molecule has 4 N–H and O–H groups in total. The van der Waals surface area contributed by atoms with E-state index in [0.29, 0.717) is 19.0 Å². The molecule has 10 heteroatoms.